The number of azo groups is 1. The summed E-state index contributed by atoms with van der Waals surface area (Å²) in [5.74, 6) is 0. The van der Waals surface area contributed by atoms with E-state index in [2.05, 4.69) is 16.3 Å². The molecular weight excluding hydrogens is 302 g/mol. The molecule has 0 aromatic carbocycles. The minimum absolute atomic E-state index is 0. The van der Waals surface area contributed by atoms with Gasteiger partial charge < -0.3 is 19.9 Å². The largest absolute Gasteiger partial charge is 3.00 e. The number of allylic oxidation sites excluding steroid dienone is 2. The molecule has 0 rings (SSSR count). The number of hydrogen-bond donors (Lipinski definition) is 0. The third-order valence-corrected chi connectivity index (χ3v) is 0.847. The first-order chi connectivity index (χ1) is 4.31. The maximum Gasteiger partial charge on any atom is 3.00 e. The van der Waals surface area contributed by atoms with Gasteiger partial charge in [-0.25, -0.2) is 10.2 Å². The SMILES string of the molecule is C[C-]=C(C)N=NC[CH-]C.[CH3-].[Y+3].[Y]. The molecule has 0 aromatic rings. The average Bonchev–Trinajstić information content (AvgIpc) is 1.89. The van der Waals surface area contributed by atoms with Gasteiger partial charge in [-0.3, -0.25) is 0 Å². The molecule has 0 saturated carbocycles. The van der Waals surface area contributed by atoms with Gasteiger partial charge in [0, 0.05) is 32.7 Å². The molecular formula is C8H15N2Y2. The molecule has 0 fully saturated rings. The van der Waals surface area contributed by atoms with E-state index in [4.69, 9.17) is 0 Å². The monoisotopic (exact) mass is 317 g/mol. The van der Waals surface area contributed by atoms with Crippen molar-refractivity contribution in [1.82, 2.24) is 0 Å². The fourth-order valence-corrected chi connectivity index (χ4v) is 0.279. The van der Waals surface area contributed by atoms with Gasteiger partial charge >= 0.3 is 32.7 Å². The van der Waals surface area contributed by atoms with Crippen molar-refractivity contribution in [3.8, 4) is 0 Å². The van der Waals surface area contributed by atoms with E-state index in [1.807, 2.05) is 27.2 Å². The molecule has 0 aliphatic heterocycles. The molecule has 0 spiro atoms. The molecule has 0 N–H and O–H groups in total. The van der Waals surface area contributed by atoms with E-state index in [1.54, 1.807) is 0 Å². The summed E-state index contributed by atoms with van der Waals surface area (Å²) in [6.45, 7) is 6.34. The zero-order valence-corrected chi connectivity index (χ0v) is 14.0. The summed E-state index contributed by atoms with van der Waals surface area (Å²) in [7, 11) is 0. The third-order valence-electron chi connectivity index (χ3n) is 0.847. The summed E-state index contributed by atoms with van der Waals surface area (Å²) < 4.78 is 0. The topological polar surface area (TPSA) is 24.7 Å². The molecule has 12 heavy (non-hydrogen) atoms. The minimum Gasteiger partial charge on any atom is -0.475 e. The van der Waals surface area contributed by atoms with E-state index in [1.165, 1.54) is 0 Å². The Labute approximate surface area is 127 Å². The van der Waals surface area contributed by atoms with Crippen LogP contribution in [0.5, 0.6) is 0 Å². The van der Waals surface area contributed by atoms with Gasteiger partial charge in [0.05, 0.1) is 0 Å². The number of rotatable bonds is 3. The maximum atomic E-state index is 3.83. The summed E-state index contributed by atoms with van der Waals surface area (Å²) in [6.07, 6.45) is 4.82. The van der Waals surface area contributed by atoms with Gasteiger partial charge in [-0.2, -0.15) is 13.8 Å². The van der Waals surface area contributed by atoms with Gasteiger partial charge in [0.15, 0.2) is 0 Å². The molecule has 0 aliphatic carbocycles. The second-order valence-electron chi connectivity index (χ2n) is 1.67. The van der Waals surface area contributed by atoms with Crippen LogP contribution in [0.4, 0.5) is 0 Å². The Hall–Kier alpha value is 1.55. The summed E-state index contributed by atoms with van der Waals surface area (Å²) >= 11 is 0. The van der Waals surface area contributed by atoms with Crippen LogP contribution in [0.15, 0.2) is 15.9 Å². The smallest absolute Gasteiger partial charge is 0.475 e. The first kappa shape index (κ1) is 23.4. The van der Waals surface area contributed by atoms with Crippen LogP contribution in [0.1, 0.15) is 20.8 Å². The first-order valence-corrected chi connectivity index (χ1v) is 2.98. The van der Waals surface area contributed by atoms with E-state index in [-0.39, 0.29) is 72.8 Å². The summed E-state index contributed by atoms with van der Waals surface area (Å²) in [5.41, 5.74) is 0.844. The zero-order valence-electron chi connectivity index (χ0n) is 8.33. The van der Waals surface area contributed by atoms with Crippen molar-refractivity contribution in [2.45, 2.75) is 20.8 Å². The number of nitrogens with zero attached hydrogens (tertiary/aromatic N) is 2. The standard InChI is InChI=1S/C7H12N2.CH3.2Y/c1-4-6-8-9-7(3)5-2;;;/h4H,6H2,1-3H3;1H3;;/q-2;-1;;+3. The Kier molecular flexibility index (Phi) is 35.8. The van der Waals surface area contributed by atoms with Crippen LogP contribution in [-0.4, -0.2) is 6.54 Å². The van der Waals surface area contributed by atoms with Crippen molar-refractivity contribution in [2.24, 2.45) is 10.2 Å². The van der Waals surface area contributed by atoms with E-state index in [0.717, 1.165) is 5.70 Å². The summed E-state index contributed by atoms with van der Waals surface area (Å²) in [5, 5.41) is 7.66. The van der Waals surface area contributed by atoms with Gasteiger partial charge in [-0.1, -0.05) is 13.5 Å². The van der Waals surface area contributed by atoms with Crippen LogP contribution in [0.3, 0.4) is 0 Å². The second-order valence-corrected chi connectivity index (χ2v) is 1.67. The van der Waals surface area contributed by atoms with Crippen molar-refractivity contribution in [3.63, 3.8) is 0 Å². The minimum atomic E-state index is 0. The normalized spacial score (nSPS) is 9.75. The van der Waals surface area contributed by atoms with E-state index in [0.29, 0.717) is 6.54 Å². The predicted molar refractivity (Wildman–Crippen MR) is 44.2 cm³/mol. The molecule has 2 nitrogen and oxygen atoms in total. The van der Waals surface area contributed by atoms with Gasteiger partial charge in [0.2, 0.25) is 0 Å². The van der Waals surface area contributed by atoms with Crippen molar-refractivity contribution >= 4 is 0 Å². The molecule has 1 radical (unpaired) electrons. The van der Waals surface area contributed by atoms with Crippen LogP contribution in [-0.2, 0) is 65.4 Å². The van der Waals surface area contributed by atoms with Crippen LogP contribution in [0, 0.1) is 19.9 Å². The van der Waals surface area contributed by atoms with Crippen LogP contribution < -0.4 is 0 Å². The van der Waals surface area contributed by atoms with E-state index in [9.17, 15) is 0 Å². The van der Waals surface area contributed by atoms with Gasteiger partial charge in [-0.05, 0) is 0 Å². The van der Waals surface area contributed by atoms with Gasteiger partial charge in [-0.15, -0.1) is 5.70 Å². The van der Waals surface area contributed by atoms with E-state index < -0.39 is 0 Å². The molecule has 0 aromatic heterocycles. The summed E-state index contributed by atoms with van der Waals surface area (Å²) in [4.78, 5) is 0. The molecule has 0 unspecified atom stereocenters. The maximum absolute atomic E-state index is 3.83. The van der Waals surface area contributed by atoms with Crippen molar-refractivity contribution in [2.75, 3.05) is 6.54 Å². The van der Waals surface area contributed by atoms with Crippen molar-refractivity contribution in [3.05, 3.63) is 25.6 Å². The van der Waals surface area contributed by atoms with Crippen LogP contribution >= 0.6 is 0 Å². The molecule has 0 atom stereocenters. The third kappa shape index (κ3) is 17.6. The molecule has 0 saturated heterocycles. The van der Waals surface area contributed by atoms with E-state index >= 15 is 0 Å². The molecule has 0 amide bonds. The average molecular weight is 317 g/mol. The van der Waals surface area contributed by atoms with Gasteiger partial charge in [0.25, 0.3) is 0 Å². The predicted octanol–water partition coefficient (Wildman–Crippen LogP) is 2.83. The quantitative estimate of drug-likeness (QED) is 0.565. The number of hydrogen-bond acceptors (Lipinski definition) is 2. The molecule has 63 valence electrons. The molecule has 0 aliphatic rings. The Balaban J connectivity index is -0.000000107. The fourth-order valence-electron chi connectivity index (χ4n) is 0.279. The Morgan fingerprint density at radius 3 is 2.33 bits per heavy atom. The Morgan fingerprint density at radius 2 is 2.00 bits per heavy atom. The summed E-state index contributed by atoms with van der Waals surface area (Å²) in [6, 6.07) is 0. The Bertz CT molecular complexity index is 122. The van der Waals surface area contributed by atoms with Crippen molar-refractivity contribution in [1.29, 1.82) is 0 Å². The van der Waals surface area contributed by atoms with Gasteiger partial charge in [0.1, 0.15) is 0 Å². The fraction of sp³-hybridized carbons (Fsp3) is 0.500. The van der Waals surface area contributed by atoms with Crippen LogP contribution in [0.2, 0.25) is 0 Å². The Morgan fingerprint density at radius 1 is 1.50 bits per heavy atom. The molecule has 0 heterocycles. The second kappa shape index (κ2) is 18.4. The van der Waals surface area contributed by atoms with Crippen molar-refractivity contribution < 1.29 is 65.4 Å². The molecule has 0 bridgehead atoms. The zero-order chi connectivity index (χ0) is 7.11. The first-order valence-electron chi connectivity index (χ1n) is 2.98. The molecule has 4 heteroatoms. The van der Waals surface area contributed by atoms with Crippen LogP contribution in [0.25, 0.3) is 0 Å².